The highest BCUT2D eigenvalue weighted by Gasteiger charge is 2.70. The average Bonchev–Trinajstić information content (AvgIpc) is 3.26. The van der Waals surface area contributed by atoms with Crippen LogP contribution in [-0.2, 0) is 33.2 Å². The Morgan fingerprint density at radius 2 is 1.22 bits per heavy atom. The molecule has 3 aliphatic heterocycles. The number of aliphatic carboxylic acids is 1. The molecule has 5 aliphatic carbocycles. The van der Waals surface area contributed by atoms with Crippen molar-refractivity contribution in [2.24, 2.45) is 50.2 Å². The summed E-state index contributed by atoms with van der Waals surface area (Å²) >= 11 is 0. The number of aliphatic hydroxyl groups excluding tert-OH is 11. The highest BCUT2D eigenvalue weighted by Crippen LogP contribution is 2.76. The first-order valence-electron chi connectivity index (χ1n) is 24.4. The zero-order chi connectivity index (χ0) is 49.1. The van der Waals surface area contributed by atoms with Gasteiger partial charge in [-0.25, -0.2) is 4.79 Å². The topological polar surface area (TPSA) is 315 Å². The molecule has 384 valence electrons. The molecule has 3 saturated heterocycles. The van der Waals surface area contributed by atoms with Crippen LogP contribution in [-0.4, -0.2) is 191 Å². The van der Waals surface area contributed by atoms with E-state index in [4.69, 9.17) is 28.4 Å². The van der Waals surface area contributed by atoms with E-state index in [9.17, 15) is 66.1 Å². The fraction of sp³-hybridized carbons (Fsp3) is 0.938. The van der Waals surface area contributed by atoms with Gasteiger partial charge in [-0.15, -0.1) is 0 Å². The molecular formula is C48H78O19. The Balaban J connectivity index is 1.11. The summed E-state index contributed by atoms with van der Waals surface area (Å²) in [6.45, 7) is 14.2. The summed E-state index contributed by atoms with van der Waals surface area (Å²) in [7, 11) is 0. The summed E-state index contributed by atoms with van der Waals surface area (Å²) < 4.78 is 36.5. The van der Waals surface area contributed by atoms with Crippen molar-refractivity contribution in [3.63, 3.8) is 0 Å². The van der Waals surface area contributed by atoms with Gasteiger partial charge in [-0.1, -0.05) is 60.1 Å². The molecule has 3 heterocycles. The number of hydrogen-bond donors (Lipinski definition) is 12. The van der Waals surface area contributed by atoms with E-state index < -0.39 is 134 Å². The van der Waals surface area contributed by atoms with Gasteiger partial charge in [0.1, 0.15) is 67.1 Å². The van der Waals surface area contributed by atoms with Crippen molar-refractivity contribution in [1.82, 2.24) is 0 Å². The molecule has 0 bridgehead atoms. The Morgan fingerprint density at radius 3 is 1.78 bits per heavy atom. The highest BCUT2D eigenvalue weighted by atomic mass is 16.8. The summed E-state index contributed by atoms with van der Waals surface area (Å²) in [5.74, 6) is -1.32. The molecule has 0 aromatic carbocycles. The van der Waals surface area contributed by atoms with Gasteiger partial charge in [-0.3, -0.25) is 0 Å². The fourth-order valence-corrected chi connectivity index (χ4v) is 15.2. The van der Waals surface area contributed by atoms with Crippen LogP contribution in [0, 0.1) is 50.2 Å². The van der Waals surface area contributed by atoms with E-state index in [2.05, 4.69) is 54.5 Å². The van der Waals surface area contributed by atoms with E-state index in [1.807, 2.05) is 0 Å². The summed E-state index contributed by atoms with van der Waals surface area (Å²) in [5, 5.41) is 129. The lowest BCUT2D eigenvalue weighted by Crippen LogP contribution is -2.69. The van der Waals surface area contributed by atoms with Crippen LogP contribution in [0.3, 0.4) is 0 Å². The van der Waals surface area contributed by atoms with Crippen LogP contribution >= 0.6 is 0 Å². The van der Waals surface area contributed by atoms with Crippen LogP contribution in [0.1, 0.15) is 106 Å². The third-order valence-corrected chi connectivity index (χ3v) is 19.5. The SMILES string of the molecule is CC1(C)CC[C@]2(CO)[C@H](O)C[C@]3(C)C(=CC[C@@H]4[C@@]5(C)CC[C@H](O[C@@H]6O[C@H](C(=O)O)[C@@H](O)[C@H](O[C@H]7O[C@H](CO)[C@H](O)[C@H](O)[C@H]7O)[C@H]6O[C@@H]6O[C@H](CO)[C@@H](O)[C@H](O)[C@H]6O)C(C)(C)[C@@H]5CC[C@]43C)[C@@H]2C1. The average molecular weight is 959 g/mol. The Morgan fingerprint density at radius 1 is 0.642 bits per heavy atom. The minimum atomic E-state index is -2.12. The minimum absolute atomic E-state index is 0.0458. The first kappa shape index (κ1) is 51.9. The fourth-order valence-electron chi connectivity index (χ4n) is 15.2. The van der Waals surface area contributed by atoms with Gasteiger partial charge in [0, 0.05) is 5.41 Å². The Hall–Kier alpha value is -1.47. The van der Waals surface area contributed by atoms with E-state index >= 15 is 0 Å². The molecule has 0 aromatic heterocycles. The van der Waals surface area contributed by atoms with Crippen molar-refractivity contribution in [3.05, 3.63) is 11.6 Å². The van der Waals surface area contributed by atoms with Crippen molar-refractivity contribution in [3.8, 4) is 0 Å². The molecule has 0 unspecified atom stereocenters. The number of carboxylic acids is 1. The van der Waals surface area contributed by atoms with Crippen LogP contribution < -0.4 is 0 Å². The van der Waals surface area contributed by atoms with E-state index in [1.165, 1.54) is 5.57 Å². The second kappa shape index (κ2) is 18.2. The van der Waals surface area contributed by atoms with Gasteiger partial charge in [0.25, 0.3) is 0 Å². The maximum atomic E-state index is 12.8. The zero-order valence-electron chi connectivity index (χ0n) is 39.8. The third kappa shape index (κ3) is 8.10. The Bertz CT molecular complexity index is 1830. The van der Waals surface area contributed by atoms with Gasteiger partial charge in [0.2, 0.25) is 0 Å². The molecule has 8 aliphatic rings. The third-order valence-electron chi connectivity index (χ3n) is 19.5. The molecule has 7 fully saturated rings. The van der Waals surface area contributed by atoms with E-state index in [0.717, 1.165) is 38.5 Å². The number of allylic oxidation sites excluding steroid dienone is 2. The monoisotopic (exact) mass is 959 g/mol. The van der Waals surface area contributed by atoms with Gasteiger partial charge in [0.05, 0.1) is 32.0 Å². The lowest BCUT2D eigenvalue weighted by molar-refractivity contribution is -0.396. The highest BCUT2D eigenvalue weighted by molar-refractivity contribution is 5.73. The second-order valence-corrected chi connectivity index (χ2v) is 23.7. The number of fused-ring (bicyclic) bond motifs is 7. The van der Waals surface area contributed by atoms with Crippen molar-refractivity contribution >= 4 is 5.97 Å². The van der Waals surface area contributed by atoms with Crippen LogP contribution in [0.5, 0.6) is 0 Å². The van der Waals surface area contributed by atoms with Gasteiger partial charge < -0.3 is 89.7 Å². The molecule has 19 heteroatoms. The second-order valence-electron chi connectivity index (χ2n) is 23.7. The zero-order valence-corrected chi connectivity index (χ0v) is 39.8. The van der Waals surface area contributed by atoms with Crippen LogP contribution in [0.15, 0.2) is 11.6 Å². The molecule has 0 aromatic rings. The van der Waals surface area contributed by atoms with Gasteiger partial charge in [-0.2, -0.15) is 0 Å². The van der Waals surface area contributed by atoms with E-state index in [0.29, 0.717) is 19.3 Å². The van der Waals surface area contributed by atoms with Crippen molar-refractivity contribution in [2.45, 2.75) is 211 Å². The minimum Gasteiger partial charge on any atom is -0.479 e. The number of aliphatic hydroxyl groups is 11. The standard InChI is InChI=1S/C48H78O19/c1-43(2)14-15-48(20-51)22(16-43)21-8-9-26-45(5)12-11-28(44(3,4)25(45)10-13-46(26,6)47(21,7)17-27(48)52)64-42-38(67-41-34(58)32(56)30(54)24(19-50)63-41)36(35(59)37(66-42)39(60)61)65-40-33(57)31(55)29(53)23(18-49)62-40/h8,22-38,40-42,49-59H,9-20H2,1-7H3,(H,60,61)/t22-,23+,24+,25-,26+,27+,28-,29-,30+,31-,32-,33+,34+,35-,36-,37-,38+,40+,41-,42+,45-,46+,47+,48+/m0/s1. The number of carbonyl (C=O) groups is 1. The van der Waals surface area contributed by atoms with E-state index in [-0.39, 0.29) is 46.0 Å². The first-order chi connectivity index (χ1) is 31.3. The predicted molar refractivity (Wildman–Crippen MR) is 232 cm³/mol. The maximum absolute atomic E-state index is 12.8. The summed E-state index contributed by atoms with van der Waals surface area (Å²) in [6, 6.07) is 0. The molecule has 4 saturated carbocycles. The van der Waals surface area contributed by atoms with Crippen molar-refractivity contribution < 1.29 is 94.5 Å². The van der Waals surface area contributed by atoms with Crippen LogP contribution in [0.2, 0.25) is 0 Å². The largest absolute Gasteiger partial charge is 0.479 e. The quantitative estimate of drug-likeness (QED) is 0.0986. The molecule has 0 amide bonds. The summed E-state index contributed by atoms with van der Waals surface area (Å²) in [6.07, 6.45) is -19.6. The first-order valence-corrected chi connectivity index (χ1v) is 24.4. The number of carboxylic acid groups (broad SMARTS) is 1. The molecule has 19 nitrogen and oxygen atoms in total. The summed E-state index contributed by atoms with van der Waals surface area (Å²) in [4.78, 5) is 12.8. The molecule has 67 heavy (non-hydrogen) atoms. The van der Waals surface area contributed by atoms with E-state index in [1.54, 1.807) is 0 Å². The molecule has 24 atom stereocenters. The lowest BCUT2D eigenvalue weighted by atomic mass is 9.33. The lowest BCUT2D eigenvalue weighted by Gasteiger charge is -2.72. The smallest absolute Gasteiger partial charge is 0.335 e. The molecular weight excluding hydrogens is 881 g/mol. The Kier molecular flexibility index (Phi) is 14.1. The number of hydrogen-bond acceptors (Lipinski definition) is 18. The Labute approximate surface area is 392 Å². The predicted octanol–water partition coefficient (Wildman–Crippen LogP) is -0.323. The molecule has 12 N–H and O–H groups in total. The van der Waals surface area contributed by atoms with Crippen molar-refractivity contribution in [2.75, 3.05) is 19.8 Å². The number of ether oxygens (including phenoxy) is 6. The van der Waals surface area contributed by atoms with Crippen LogP contribution in [0.4, 0.5) is 0 Å². The van der Waals surface area contributed by atoms with Gasteiger partial charge in [-0.05, 0) is 103 Å². The van der Waals surface area contributed by atoms with Crippen LogP contribution in [0.25, 0.3) is 0 Å². The normalized spacial score (nSPS) is 53.9. The van der Waals surface area contributed by atoms with Crippen molar-refractivity contribution in [1.29, 1.82) is 0 Å². The molecule has 0 radical (unpaired) electrons. The maximum Gasteiger partial charge on any atom is 0.335 e. The molecule has 8 rings (SSSR count). The summed E-state index contributed by atoms with van der Waals surface area (Å²) in [5.41, 5.74) is -0.517. The molecule has 0 spiro atoms. The number of rotatable bonds is 10. The van der Waals surface area contributed by atoms with Gasteiger partial charge in [0.15, 0.2) is 25.0 Å². The van der Waals surface area contributed by atoms with Gasteiger partial charge >= 0.3 is 5.97 Å².